The number of rotatable bonds is 7. The number of aryl methyl sites for hydroxylation is 1. The van der Waals surface area contributed by atoms with E-state index in [1.54, 1.807) is 20.3 Å². The average Bonchev–Trinajstić information content (AvgIpc) is 2.87. The smallest absolute Gasteiger partial charge is 0.321 e. The standard InChI is InChI=1S/C27H27N3O4S/c1-17-8-5-6-10-22(17)34-24(31)16-35-27-19(14-28)25(20-15-30(2)13-12-21(20)29-27)18-9-7-11-23(32-3)26(18)33-4/h5-11H,12-13,15-16H2,1-4H3. The van der Waals surface area contributed by atoms with Crippen molar-refractivity contribution in [2.75, 3.05) is 33.6 Å². The first-order chi connectivity index (χ1) is 17.0. The predicted octanol–water partition coefficient (Wildman–Crippen LogP) is 4.63. The van der Waals surface area contributed by atoms with Crippen LogP contribution in [0.4, 0.5) is 0 Å². The van der Waals surface area contributed by atoms with E-state index in [0.717, 1.165) is 40.9 Å². The highest BCUT2D eigenvalue weighted by Gasteiger charge is 2.28. The Hall–Kier alpha value is -3.54. The summed E-state index contributed by atoms with van der Waals surface area (Å²) in [6.07, 6.45) is 0.748. The Kier molecular flexibility index (Phi) is 7.59. The molecule has 0 fully saturated rings. The van der Waals surface area contributed by atoms with Crippen LogP contribution in [0.2, 0.25) is 0 Å². The maximum Gasteiger partial charge on any atom is 0.321 e. The van der Waals surface area contributed by atoms with E-state index < -0.39 is 5.97 Å². The molecule has 2 heterocycles. The van der Waals surface area contributed by atoms with E-state index >= 15 is 0 Å². The number of carbonyl (C=O) groups is 1. The van der Waals surface area contributed by atoms with Gasteiger partial charge in [0, 0.05) is 36.3 Å². The molecule has 0 bridgehead atoms. The van der Waals surface area contributed by atoms with E-state index in [9.17, 15) is 10.1 Å². The average molecular weight is 490 g/mol. The van der Waals surface area contributed by atoms with E-state index in [-0.39, 0.29) is 5.75 Å². The van der Waals surface area contributed by atoms with Gasteiger partial charge in [0.25, 0.3) is 0 Å². The van der Waals surface area contributed by atoms with Crippen LogP contribution in [0, 0.1) is 18.3 Å². The first kappa shape index (κ1) is 24.6. The van der Waals surface area contributed by atoms with Crippen LogP contribution in [0.15, 0.2) is 47.5 Å². The number of para-hydroxylation sites is 2. The number of thioether (sulfide) groups is 1. The van der Waals surface area contributed by atoms with Crippen LogP contribution in [0.25, 0.3) is 11.1 Å². The molecule has 8 heteroatoms. The van der Waals surface area contributed by atoms with Crippen molar-refractivity contribution in [3.63, 3.8) is 0 Å². The molecule has 0 spiro atoms. The highest BCUT2D eigenvalue weighted by molar-refractivity contribution is 7.99. The summed E-state index contributed by atoms with van der Waals surface area (Å²) in [5.74, 6) is 1.31. The van der Waals surface area contributed by atoms with Gasteiger partial charge in [-0.05, 0) is 37.2 Å². The quantitative estimate of drug-likeness (QED) is 0.270. The third-order valence-corrected chi connectivity index (χ3v) is 6.89. The Morgan fingerprint density at radius 3 is 2.63 bits per heavy atom. The molecule has 0 aliphatic carbocycles. The number of carbonyl (C=O) groups excluding carboxylic acids is 1. The van der Waals surface area contributed by atoms with Crippen molar-refractivity contribution >= 4 is 17.7 Å². The lowest BCUT2D eigenvalue weighted by Crippen LogP contribution is -2.28. The van der Waals surface area contributed by atoms with Crippen LogP contribution in [-0.2, 0) is 17.8 Å². The Labute approximate surface area is 209 Å². The highest BCUT2D eigenvalue weighted by atomic mass is 32.2. The third kappa shape index (κ3) is 5.11. The number of nitrogens with zero attached hydrogens (tertiary/aromatic N) is 3. The summed E-state index contributed by atoms with van der Waals surface area (Å²) < 4.78 is 16.8. The molecule has 0 radical (unpaired) electrons. The number of hydrogen-bond donors (Lipinski definition) is 0. The monoisotopic (exact) mass is 489 g/mol. The number of nitriles is 1. The highest BCUT2D eigenvalue weighted by Crippen LogP contribution is 2.44. The minimum Gasteiger partial charge on any atom is -0.493 e. The van der Waals surface area contributed by atoms with Gasteiger partial charge in [0.2, 0.25) is 0 Å². The van der Waals surface area contributed by atoms with E-state index in [4.69, 9.17) is 19.2 Å². The fourth-order valence-electron chi connectivity index (χ4n) is 4.21. The van der Waals surface area contributed by atoms with Crippen molar-refractivity contribution in [3.05, 3.63) is 64.8 Å². The van der Waals surface area contributed by atoms with Crippen molar-refractivity contribution in [1.82, 2.24) is 9.88 Å². The Morgan fingerprint density at radius 1 is 1.14 bits per heavy atom. The summed E-state index contributed by atoms with van der Waals surface area (Å²) in [6.45, 7) is 3.41. The van der Waals surface area contributed by atoms with E-state index in [2.05, 4.69) is 11.0 Å². The van der Waals surface area contributed by atoms with Crippen LogP contribution >= 0.6 is 11.8 Å². The lowest BCUT2D eigenvalue weighted by Gasteiger charge is -2.28. The number of methoxy groups -OCH3 is 2. The van der Waals surface area contributed by atoms with Crippen molar-refractivity contribution in [3.8, 4) is 34.4 Å². The normalized spacial score (nSPS) is 13.0. The summed E-state index contributed by atoms with van der Waals surface area (Å²) in [4.78, 5) is 19.6. The van der Waals surface area contributed by atoms with Gasteiger partial charge in [-0.25, -0.2) is 4.98 Å². The van der Waals surface area contributed by atoms with Crippen LogP contribution in [-0.4, -0.2) is 49.4 Å². The number of hydrogen-bond acceptors (Lipinski definition) is 8. The molecule has 0 N–H and O–H groups in total. The number of pyridine rings is 1. The largest absolute Gasteiger partial charge is 0.493 e. The second-order valence-electron chi connectivity index (χ2n) is 8.26. The lowest BCUT2D eigenvalue weighted by atomic mass is 9.91. The van der Waals surface area contributed by atoms with Gasteiger partial charge in [-0.3, -0.25) is 4.79 Å². The van der Waals surface area contributed by atoms with E-state index in [1.165, 1.54) is 11.8 Å². The summed E-state index contributed by atoms with van der Waals surface area (Å²) in [5, 5.41) is 10.8. The van der Waals surface area contributed by atoms with Gasteiger partial charge >= 0.3 is 5.97 Å². The molecule has 180 valence electrons. The van der Waals surface area contributed by atoms with Crippen molar-refractivity contribution in [2.45, 2.75) is 24.9 Å². The maximum absolute atomic E-state index is 12.6. The fourth-order valence-corrected chi connectivity index (χ4v) is 4.99. The van der Waals surface area contributed by atoms with Gasteiger partial charge in [-0.1, -0.05) is 42.1 Å². The van der Waals surface area contributed by atoms with Crippen LogP contribution in [0.1, 0.15) is 22.4 Å². The predicted molar refractivity (Wildman–Crippen MR) is 135 cm³/mol. The summed E-state index contributed by atoms with van der Waals surface area (Å²) >= 11 is 1.22. The molecular formula is C27H27N3O4S. The molecule has 4 rings (SSSR count). The van der Waals surface area contributed by atoms with Gasteiger partial charge in [0.05, 0.1) is 25.5 Å². The Bertz CT molecular complexity index is 1300. The van der Waals surface area contributed by atoms with Gasteiger partial charge in [0.1, 0.15) is 16.8 Å². The Balaban J connectivity index is 1.75. The number of benzene rings is 2. The molecule has 1 aliphatic heterocycles. The second kappa shape index (κ2) is 10.8. The molecule has 3 aromatic rings. The summed E-state index contributed by atoms with van der Waals surface area (Å²) in [6, 6.07) is 15.3. The molecule has 0 saturated carbocycles. The molecule has 0 saturated heterocycles. The zero-order valence-corrected chi connectivity index (χ0v) is 21.1. The minimum atomic E-state index is -0.395. The zero-order chi connectivity index (χ0) is 24.9. The molecule has 0 unspecified atom stereocenters. The first-order valence-electron chi connectivity index (χ1n) is 11.2. The first-order valence-corrected chi connectivity index (χ1v) is 12.2. The molecule has 0 atom stereocenters. The number of ether oxygens (including phenoxy) is 3. The fraction of sp³-hybridized carbons (Fsp3) is 0.296. The summed E-state index contributed by atoms with van der Waals surface area (Å²) in [7, 11) is 5.22. The minimum absolute atomic E-state index is 0.0311. The third-order valence-electron chi connectivity index (χ3n) is 5.94. The van der Waals surface area contributed by atoms with Crippen LogP contribution in [0.3, 0.4) is 0 Å². The van der Waals surface area contributed by atoms with Crippen molar-refractivity contribution < 1.29 is 19.0 Å². The molecular weight excluding hydrogens is 462 g/mol. The van der Waals surface area contributed by atoms with Crippen LogP contribution in [0.5, 0.6) is 17.2 Å². The zero-order valence-electron chi connectivity index (χ0n) is 20.3. The number of fused-ring (bicyclic) bond motifs is 1. The van der Waals surface area contributed by atoms with Crippen molar-refractivity contribution in [1.29, 1.82) is 5.26 Å². The lowest BCUT2D eigenvalue weighted by molar-refractivity contribution is -0.131. The molecule has 1 aromatic heterocycles. The van der Waals surface area contributed by atoms with Gasteiger partial charge < -0.3 is 19.1 Å². The van der Waals surface area contributed by atoms with Crippen molar-refractivity contribution in [2.24, 2.45) is 0 Å². The maximum atomic E-state index is 12.6. The van der Waals surface area contributed by atoms with Gasteiger partial charge in [-0.15, -0.1) is 0 Å². The van der Waals surface area contributed by atoms with Gasteiger partial charge in [-0.2, -0.15) is 5.26 Å². The topological polar surface area (TPSA) is 84.7 Å². The second-order valence-corrected chi connectivity index (χ2v) is 9.23. The number of likely N-dealkylation sites (N-methyl/N-ethyl adjacent to an activating group) is 1. The summed E-state index contributed by atoms with van der Waals surface area (Å²) in [5.41, 5.74) is 4.76. The SMILES string of the molecule is COc1cccc(-c2c(C#N)c(SCC(=O)Oc3ccccc3C)nc3c2CN(C)CC3)c1OC. The molecule has 1 aliphatic rings. The molecule has 7 nitrogen and oxygen atoms in total. The van der Waals surface area contributed by atoms with E-state index in [1.807, 2.05) is 50.4 Å². The van der Waals surface area contributed by atoms with E-state index in [0.29, 0.717) is 34.4 Å². The van der Waals surface area contributed by atoms with Crippen LogP contribution < -0.4 is 14.2 Å². The molecule has 0 amide bonds. The Morgan fingerprint density at radius 2 is 1.91 bits per heavy atom. The molecule has 2 aromatic carbocycles. The number of esters is 1. The molecule has 35 heavy (non-hydrogen) atoms. The van der Waals surface area contributed by atoms with Gasteiger partial charge in [0.15, 0.2) is 11.5 Å². The number of aromatic nitrogens is 1.